The van der Waals surface area contributed by atoms with E-state index in [9.17, 15) is 168 Å². The monoisotopic (exact) mass is 2040 g/mol. The molecule has 1 amide bonds. The molecule has 12 fully saturated rings. The van der Waals surface area contributed by atoms with Crippen LogP contribution in [0.1, 0.15) is 19.4 Å². The molecule has 140 heavy (non-hydrogen) atoms. The molecule has 0 saturated carbocycles. The number of nitrogens with one attached hydrogen (secondary N) is 1. The van der Waals surface area contributed by atoms with Crippen molar-refractivity contribution in [1.29, 1.82) is 0 Å². The van der Waals surface area contributed by atoms with Crippen LogP contribution in [0.5, 0.6) is 5.75 Å². The van der Waals surface area contributed by atoms with Crippen molar-refractivity contribution in [3.63, 3.8) is 0 Å². The summed E-state index contributed by atoms with van der Waals surface area (Å²) in [6, 6.07) is 5.52. The standard InChI is InChI=1S/C81H132N2O57/c1-81(2)34(83-69(116)68(81)82)9-21-5-7-22(8-6-21)119-70-46(106)36(96)65(32(19-93)121-70)140-80-67(118-4)55(115)66(33(20-94)130-80)139-79-54(114)44(104)64(31(18-92)129-79)138-78-53(113)43(103)63(30(17-91)128-78)137-77-52(112)42(102)62(29(16-90)127-77)136-76-51(111)41(101)61(28(15-89)126-76)135-75-50(110)40(100)60(27(14-88)125-75)134-74-49(109)39(99)59(26(13-87)124-74)133-73-48(108)38(98)58(25(12-86)123-73)132-72-47(107)37(97)57(24(11-85)122-72)131-71-45(105)35(95)56(117-3)23(10-84)120-71/h5-8,23-68,70-80,84-115H,9-20,82H2,1-4H3,(H,83,116). The lowest BCUT2D eigenvalue weighted by Gasteiger charge is -2.50. The Bertz CT molecular complexity index is 3910. The van der Waals surface area contributed by atoms with Crippen LogP contribution in [0.25, 0.3) is 0 Å². The van der Waals surface area contributed by atoms with Crippen molar-refractivity contribution in [3.8, 4) is 5.75 Å². The summed E-state index contributed by atoms with van der Waals surface area (Å²) in [5.74, 6) is -0.110. The van der Waals surface area contributed by atoms with Crippen LogP contribution < -0.4 is 15.8 Å². The summed E-state index contributed by atoms with van der Waals surface area (Å²) in [6.07, 6.45) is -108. The molecule has 59 heteroatoms. The van der Waals surface area contributed by atoms with Crippen LogP contribution in [-0.4, -0.2) is 606 Å². The summed E-state index contributed by atoms with van der Waals surface area (Å²) in [5.41, 5.74) is 6.33. The molecule has 0 bridgehead atoms. The van der Waals surface area contributed by atoms with Crippen LogP contribution in [0.3, 0.4) is 0 Å². The fourth-order valence-electron chi connectivity index (χ4n) is 18.9. The van der Waals surface area contributed by atoms with E-state index in [-0.39, 0.29) is 17.7 Å². The maximum Gasteiger partial charge on any atom is 0.237 e. The minimum absolute atomic E-state index is 0.170. The predicted octanol–water partition coefficient (Wildman–Crippen LogP) is -22.2. The molecule has 12 saturated heterocycles. The highest BCUT2D eigenvalue weighted by atomic mass is 16.8. The third-order valence-corrected chi connectivity index (χ3v) is 27.4. The van der Waals surface area contributed by atoms with Crippen molar-refractivity contribution in [3.05, 3.63) is 29.8 Å². The molecule has 1 aromatic rings. The largest absolute Gasteiger partial charge is 0.462 e. The maximum absolute atomic E-state index is 12.3. The number of carbonyl (C=O) groups excluding carboxylic acids is 1. The third kappa shape index (κ3) is 23.2. The van der Waals surface area contributed by atoms with Crippen LogP contribution >= 0.6 is 0 Å². The number of rotatable bonds is 37. The summed E-state index contributed by atoms with van der Waals surface area (Å²) in [7, 11) is 2.25. The van der Waals surface area contributed by atoms with Crippen LogP contribution in [0, 0.1) is 5.41 Å². The van der Waals surface area contributed by atoms with Gasteiger partial charge in [-0.2, -0.15) is 0 Å². The Morgan fingerprint density at radius 2 is 0.436 bits per heavy atom. The number of methoxy groups -OCH3 is 2. The summed E-state index contributed by atoms with van der Waals surface area (Å²) in [6.45, 7) is -7.77. The molecule has 12 heterocycles. The topological polar surface area (TPSA) is 924 Å². The van der Waals surface area contributed by atoms with Gasteiger partial charge in [-0.05, 0) is 24.1 Å². The highest BCUT2D eigenvalue weighted by molar-refractivity contribution is 5.85. The zero-order valence-electron chi connectivity index (χ0n) is 75.3. The van der Waals surface area contributed by atoms with E-state index >= 15 is 0 Å². The molecule has 12 aliphatic heterocycles. The fraction of sp³-hybridized carbons (Fsp3) is 0.914. The number of carbonyl (C=O) groups is 1. The molecule has 1 aromatic carbocycles. The quantitative estimate of drug-likeness (QED) is 0.0294. The van der Waals surface area contributed by atoms with Gasteiger partial charge in [0.2, 0.25) is 12.2 Å². The average Bonchev–Trinajstić information content (AvgIpc) is 1.01. The second-order valence-corrected chi connectivity index (χ2v) is 36.5. The Kier molecular flexibility index (Phi) is 39.6. The Hall–Kier alpha value is -3.75. The number of nitrogens with two attached hydrogens (primary N) is 1. The van der Waals surface area contributed by atoms with Gasteiger partial charge in [-0.1, -0.05) is 26.0 Å². The van der Waals surface area contributed by atoms with Gasteiger partial charge in [-0.25, -0.2) is 0 Å². The van der Waals surface area contributed by atoms with E-state index in [1.54, 1.807) is 24.3 Å². The van der Waals surface area contributed by atoms with Gasteiger partial charge in [0.15, 0.2) is 62.9 Å². The predicted molar refractivity (Wildman–Crippen MR) is 434 cm³/mol. The lowest BCUT2D eigenvalue weighted by Crippen LogP contribution is -2.69. The Balaban J connectivity index is 0.564. The van der Waals surface area contributed by atoms with Crippen LogP contribution in [0.4, 0.5) is 0 Å². The van der Waals surface area contributed by atoms with E-state index in [1.165, 1.54) is 0 Å². The molecule has 808 valence electrons. The summed E-state index contributed by atoms with van der Waals surface area (Å²) in [4.78, 5) is 12.3. The van der Waals surface area contributed by atoms with Crippen LogP contribution in [0.15, 0.2) is 24.3 Å². The number of hydrogen-bond donors (Lipinski definition) is 34. The van der Waals surface area contributed by atoms with Crippen molar-refractivity contribution < 1.29 is 282 Å². The van der Waals surface area contributed by atoms with Gasteiger partial charge >= 0.3 is 0 Å². The molecule has 0 aliphatic carbocycles. The molecule has 0 spiro atoms. The first-order valence-corrected chi connectivity index (χ1v) is 45.2. The van der Waals surface area contributed by atoms with Crippen molar-refractivity contribution in [1.82, 2.24) is 5.32 Å². The molecular weight excluding hydrogens is 1910 g/mol. The van der Waals surface area contributed by atoms with E-state index in [1.807, 2.05) is 13.8 Å². The fourth-order valence-corrected chi connectivity index (χ4v) is 18.9. The van der Waals surface area contributed by atoms with Gasteiger partial charge in [0, 0.05) is 25.7 Å². The minimum atomic E-state index is -2.35. The minimum Gasteiger partial charge on any atom is -0.462 e. The first kappa shape index (κ1) is 113. The molecule has 12 aliphatic rings. The van der Waals surface area contributed by atoms with Gasteiger partial charge in [-0.15, -0.1) is 0 Å². The van der Waals surface area contributed by atoms with Gasteiger partial charge < -0.3 is 288 Å². The Morgan fingerprint density at radius 3 is 0.636 bits per heavy atom. The zero-order chi connectivity index (χ0) is 102. The summed E-state index contributed by atoms with van der Waals surface area (Å²) >= 11 is 0. The molecule has 57 unspecified atom stereocenters. The van der Waals surface area contributed by atoms with Crippen molar-refractivity contribution in [2.45, 2.75) is 370 Å². The van der Waals surface area contributed by atoms with Crippen molar-refractivity contribution in [2.24, 2.45) is 11.1 Å². The normalized spacial score (nSPS) is 50.3. The SMILES string of the molecule is COC1C(CO)OC(OC2C(CO)OC(OC3C(CO)OC(OC4C(CO)OC(OC5C(CO)OC(OC6C(CO)OC(OC7C(CO)OC(OC8C(CO)OC(OC9C(CO)OC(OC%10C(CO)OC(OC%11C(CO)OC(Oc%12ccc(CC%13NC(=O)C(N)C%13(C)C)cc%12)C(O)C%11O)C(OC)C%10O)C(O)C9O)C(O)C8O)C(O)C7O)C(O)C6O)C(O)C5O)C(O)C4O)C(O)C3O)C(O)C2O)C(O)C1O. The number of aliphatic hydroxyl groups excluding tert-OH is 32. The number of aliphatic hydroxyl groups is 32. The highest BCUT2D eigenvalue weighted by Crippen LogP contribution is 2.43. The van der Waals surface area contributed by atoms with Crippen LogP contribution in [-0.2, 0) is 120 Å². The molecule has 35 N–H and O–H groups in total. The number of hydrogen-bond acceptors (Lipinski definition) is 58. The van der Waals surface area contributed by atoms with E-state index in [0.29, 0.717) is 6.42 Å². The van der Waals surface area contributed by atoms with E-state index in [4.69, 9.17) is 119 Å². The molecule has 57 atom stereocenters. The Labute approximate surface area is 794 Å². The van der Waals surface area contributed by atoms with E-state index in [2.05, 4.69) is 5.32 Å². The molecule has 0 radical (unpaired) electrons. The smallest absolute Gasteiger partial charge is 0.237 e. The number of ether oxygens (including phenoxy) is 24. The first-order chi connectivity index (χ1) is 66.6. The average molecular weight is 2050 g/mol. The lowest BCUT2D eigenvalue weighted by atomic mass is 9.79. The highest BCUT2D eigenvalue weighted by Gasteiger charge is 2.63. The molecular formula is C81H132N2O57. The van der Waals surface area contributed by atoms with Gasteiger partial charge in [0.25, 0.3) is 0 Å². The first-order valence-electron chi connectivity index (χ1n) is 45.2. The number of benzene rings is 1. The molecule has 0 aromatic heterocycles. The molecule has 13 rings (SSSR count). The van der Waals surface area contributed by atoms with Crippen LogP contribution in [0.2, 0.25) is 0 Å². The van der Waals surface area contributed by atoms with E-state index in [0.717, 1.165) is 19.8 Å². The second-order valence-electron chi connectivity index (χ2n) is 36.5. The van der Waals surface area contributed by atoms with E-state index < -0.39 is 422 Å². The molecule has 59 nitrogen and oxygen atoms in total. The summed E-state index contributed by atoms with van der Waals surface area (Å²) in [5, 5.41) is 358. The Morgan fingerprint density at radius 1 is 0.257 bits per heavy atom. The second kappa shape index (κ2) is 48.9. The number of amides is 1. The van der Waals surface area contributed by atoms with Crippen molar-refractivity contribution in [2.75, 3.05) is 86.9 Å². The van der Waals surface area contributed by atoms with Gasteiger partial charge in [0.05, 0.1) is 78.7 Å². The maximum atomic E-state index is 12.3. The van der Waals surface area contributed by atoms with Gasteiger partial charge in [-0.3, -0.25) is 4.79 Å². The lowest BCUT2D eigenvalue weighted by molar-refractivity contribution is -0.401. The summed E-state index contributed by atoms with van der Waals surface area (Å²) < 4.78 is 137. The van der Waals surface area contributed by atoms with Crippen molar-refractivity contribution >= 4 is 5.91 Å². The third-order valence-electron chi connectivity index (χ3n) is 27.4. The van der Waals surface area contributed by atoms with Gasteiger partial charge in [0.1, 0.15) is 274 Å². The zero-order valence-corrected chi connectivity index (χ0v) is 75.3.